The van der Waals surface area contributed by atoms with Crippen molar-refractivity contribution in [3.8, 4) is 0 Å². The first-order valence-electron chi connectivity index (χ1n) is 13.2. The van der Waals surface area contributed by atoms with E-state index < -0.39 is 22.0 Å². The Labute approximate surface area is 233 Å². The first-order chi connectivity index (χ1) is 18.0. The highest BCUT2D eigenvalue weighted by atomic mass is 32.2. The van der Waals surface area contributed by atoms with Crippen LogP contribution < -0.4 is 0 Å². The highest BCUT2D eigenvalue weighted by molar-refractivity contribution is 8.38. The number of carbonyl (C=O) groups is 3. The molecule has 1 aromatic carbocycles. The van der Waals surface area contributed by atoms with Gasteiger partial charge in [0.15, 0.2) is 0 Å². The van der Waals surface area contributed by atoms with Gasteiger partial charge in [0.1, 0.15) is 10.4 Å². The summed E-state index contributed by atoms with van der Waals surface area (Å²) in [5.74, 6) is -0.565. The standard InChI is InChI=1S/C27H35N3O5S3/c1-26(2)17-12-13-27(26)16-38(34,35)30(21(27)15-17)24(33)20(28-25(36-3)37-4)11-7-8-14-29-22(31)18-9-5-6-10-19(18)23(29)32/h5-6,9-10,17,20-21H,7-8,11-16H2,1-4H3/t17-,20+,21-,27-/m1/s1/i29+1. The molecule has 5 rings (SSSR count). The van der Waals surface area contributed by atoms with Gasteiger partial charge in [0.25, 0.3) is 17.7 Å². The van der Waals surface area contributed by atoms with Gasteiger partial charge in [-0.25, -0.2) is 12.7 Å². The summed E-state index contributed by atoms with van der Waals surface area (Å²) >= 11 is 2.87. The van der Waals surface area contributed by atoms with E-state index in [1.54, 1.807) is 24.3 Å². The molecule has 2 aliphatic carbocycles. The summed E-state index contributed by atoms with van der Waals surface area (Å²) in [5, 5.41) is 0. The maximum Gasteiger partial charge on any atom is 0.261 e. The van der Waals surface area contributed by atoms with Crippen molar-refractivity contribution >= 4 is 55.6 Å². The molecule has 2 heterocycles. The van der Waals surface area contributed by atoms with Crippen LogP contribution >= 0.6 is 23.5 Å². The zero-order chi connectivity index (χ0) is 27.5. The number of unbranched alkanes of at least 4 members (excludes halogenated alkanes) is 1. The minimum atomic E-state index is -3.74. The van der Waals surface area contributed by atoms with E-state index in [2.05, 4.69) is 13.8 Å². The van der Waals surface area contributed by atoms with Crippen molar-refractivity contribution in [1.82, 2.24) is 9.21 Å². The molecule has 8 nitrogen and oxygen atoms in total. The van der Waals surface area contributed by atoms with Gasteiger partial charge in [-0.15, -0.1) is 23.5 Å². The van der Waals surface area contributed by atoms with E-state index >= 15 is 0 Å². The van der Waals surface area contributed by atoms with Crippen molar-refractivity contribution in [3.05, 3.63) is 35.4 Å². The molecule has 3 fully saturated rings. The van der Waals surface area contributed by atoms with Crippen LogP contribution in [0.25, 0.3) is 0 Å². The predicted octanol–water partition coefficient (Wildman–Crippen LogP) is 4.27. The molecule has 0 N–H and O–H groups in total. The van der Waals surface area contributed by atoms with Crippen molar-refractivity contribution in [1.29, 1.82) is 0 Å². The SMILES string of the molecule is CSC(=N[C@@H](CCCC[15N]1C(=O)c2ccccc2C1=O)C(=O)N1[C@@H]2C[C@H]3CC[C@]2(CS1(=O)=O)C3(C)C)SC. The maximum absolute atomic E-state index is 14.0. The van der Waals surface area contributed by atoms with E-state index in [0.717, 1.165) is 23.6 Å². The van der Waals surface area contributed by atoms with E-state index in [1.807, 2.05) is 12.5 Å². The molecule has 0 radical (unpaired) electrons. The highest BCUT2D eigenvalue weighted by Gasteiger charge is 2.72. The summed E-state index contributed by atoms with van der Waals surface area (Å²) in [6, 6.07) is 5.68. The van der Waals surface area contributed by atoms with Gasteiger partial charge in [-0.3, -0.25) is 24.3 Å². The van der Waals surface area contributed by atoms with Gasteiger partial charge in [0.05, 0.1) is 22.9 Å². The topological polar surface area (TPSA) is 104 Å². The molecule has 1 spiro atoms. The van der Waals surface area contributed by atoms with Gasteiger partial charge in [-0.2, -0.15) is 0 Å². The molecular formula is C27H35N3O5S3. The molecule has 3 amide bonds. The molecule has 4 atom stereocenters. The Balaban J connectivity index is 1.31. The lowest BCUT2D eigenvalue weighted by atomic mass is 9.69. The Morgan fingerprint density at radius 3 is 2.32 bits per heavy atom. The number of amides is 3. The van der Waals surface area contributed by atoms with Gasteiger partial charge in [-0.05, 0) is 74.5 Å². The number of rotatable bonds is 7. The molecule has 4 aliphatic rings. The Hall–Kier alpha value is -1.85. The van der Waals surface area contributed by atoms with E-state index in [4.69, 9.17) is 4.99 Å². The summed E-state index contributed by atoms with van der Waals surface area (Å²) in [6.45, 7) is 4.59. The van der Waals surface area contributed by atoms with Crippen molar-refractivity contribution < 1.29 is 22.8 Å². The fourth-order valence-electron chi connectivity index (χ4n) is 7.33. The van der Waals surface area contributed by atoms with Crippen molar-refractivity contribution in [3.63, 3.8) is 0 Å². The molecular weight excluding hydrogens is 544 g/mol. The summed E-state index contributed by atoms with van der Waals surface area (Å²) in [7, 11) is -3.74. The molecule has 1 aromatic rings. The molecule has 38 heavy (non-hydrogen) atoms. The van der Waals surface area contributed by atoms with Gasteiger partial charge in [-0.1, -0.05) is 26.0 Å². The number of fused-ring (bicyclic) bond motifs is 2. The fraction of sp³-hybridized carbons (Fsp3) is 0.630. The average Bonchev–Trinajstić information content (AvgIpc) is 3.46. The van der Waals surface area contributed by atoms with E-state index in [-0.39, 0.29) is 41.0 Å². The zero-order valence-electron chi connectivity index (χ0n) is 22.3. The monoisotopic (exact) mass is 578 g/mol. The molecule has 2 saturated carbocycles. The third-order valence-corrected chi connectivity index (χ3v) is 13.3. The third kappa shape index (κ3) is 4.15. The van der Waals surface area contributed by atoms with E-state index in [0.29, 0.717) is 36.3 Å². The number of hydrogen-bond donors (Lipinski definition) is 0. The fourth-order valence-corrected chi connectivity index (χ4v) is 11.0. The van der Waals surface area contributed by atoms with E-state index in [1.165, 1.54) is 32.7 Å². The van der Waals surface area contributed by atoms with Crippen LogP contribution in [0, 0.1) is 16.7 Å². The number of thioether (sulfide) groups is 2. The lowest BCUT2D eigenvalue weighted by molar-refractivity contribution is -0.130. The van der Waals surface area contributed by atoms with Crippen LogP contribution in [0.15, 0.2) is 29.3 Å². The van der Waals surface area contributed by atoms with Crippen LogP contribution in [0.2, 0.25) is 0 Å². The maximum atomic E-state index is 14.0. The number of benzene rings is 1. The zero-order valence-corrected chi connectivity index (χ0v) is 24.8. The first-order valence-corrected chi connectivity index (χ1v) is 17.2. The molecule has 0 unspecified atom stereocenters. The molecule has 2 aliphatic heterocycles. The van der Waals surface area contributed by atoms with E-state index in [9.17, 15) is 22.8 Å². The Morgan fingerprint density at radius 2 is 1.74 bits per heavy atom. The summed E-state index contributed by atoms with van der Waals surface area (Å²) in [4.78, 5) is 45.3. The normalized spacial score (nSPS) is 28.9. The number of nitrogens with zero attached hydrogens (tertiary/aromatic N) is 3. The summed E-state index contributed by atoms with van der Waals surface area (Å²) in [5.41, 5.74) is 0.339. The van der Waals surface area contributed by atoms with Crippen molar-refractivity contribution in [2.24, 2.45) is 21.7 Å². The van der Waals surface area contributed by atoms with Gasteiger partial charge >= 0.3 is 0 Å². The van der Waals surface area contributed by atoms with Crippen LogP contribution in [-0.4, -0.2) is 76.6 Å². The van der Waals surface area contributed by atoms with Crippen LogP contribution in [-0.2, 0) is 14.8 Å². The second-order valence-corrected chi connectivity index (χ2v) is 15.1. The first kappa shape index (κ1) is 27.7. The highest BCUT2D eigenvalue weighted by Crippen LogP contribution is 2.70. The van der Waals surface area contributed by atoms with Crippen LogP contribution in [0.3, 0.4) is 0 Å². The minimum Gasteiger partial charge on any atom is -0.274 e. The Morgan fingerprint density at radius 1 is 1.11 bits per heavy atom. The second-order valence-electron chi connectivity index (χ2n) is 11.4. The average molecular weight is 579 g/mol. The lowest BCUT2D eigenvalue weighted by Crippen LogP contribution is -2.47. The lowest BCUT2D eigenvalue weighted by Gasteiger charge is -2.37. The number of imide groups is 1. The van der Waals surface area contributed by atoms with Crippen LogP contribution in [0.4, 0.5) is 0 Å². The largest absolute Gasteiger partial charge is 0.274 e. The smallest absolute Gasteiger partial charge is 0.261 e. The third-order valence-electron chi connectivity index (χ3n) is 9.51. The van der Waals surface area contributed by atoms with Crippen LogP contribution in [0.5, 0.6) is 0 Å². The predicted molar refractivity (Wildman–Crippen MR) is 152 cm³/mol. The summed E-state index contributed by atoms with van der Waals surface area (Å²) in [6.07, 6.45) is 7.75. The Kier molecular flexibility index (Phi) is 7.26. The summed E-state index contributed by atoms with van der Waals surface area (Å²) < 4.78 is 28.9. The second kappa shape index (κ2) is 9.96. The van der Waals surface area contributed by atoms with Crippen molar-refractivity contribution in [2.45, 2.75) is 64.5 Å². The van der Waals surface area contributed by atoms with Gasteiger partial charge in [0, 0.05) is 12.0 Å². The van der Waals surface area contributed by atoms with Gasteiger partial charge < -0.3 is 0 Å². The molecule has 206 valence electrons. The van der Waals surface area contributed by atoms with Gasteiger partial charge in [0.2, 0.25) is 10.0 Å². The van der Waals surface area contributed by atoms with Crippen LogP contribution in [0.1, 0.15) is 73.1 Å². The number of aliphatic imine (C=N–C) groups is 1. The minimum absolute atomic E-state index is 0.0357. The number of sulfonamides is 1. The molecule has 11 heteroatoms. The number of hydrogen-bond acceptors (Lipinski definition) is 8. The molecule has 1 saturated heterocycles. The Bertz CT molecular complexity index is 1270. The quantitative estimate of drug-likeness (QED) is 0.156. The van der Waals surface area contributed by atoms with Crippen molar-refractivity contribution in [2.75, 3.05) is 24.8 Å². The molecule has 2 bridgehead atoms. The molecule has 0 aromatic heterocycles. The number of carbonyl (C=O) groups excluding carboxylic acids is 3.